The Morgan fingerprint density at radius 3 is 2.14 bits per heavy atom. The minimum absolute atomic E-state index is 0.0617. The van der Waals surface area contributed by atoms with Gasteiger partial charge in [-0.2, -0.15) is 8.78 Å². The fourth-order valence-electron chi connectivity index (χ4n) is 2.46. The topological polar surface area (TPSA) is 89.5 Å². The summed E-state index contributed by atoms with van der Waals surface area (Å²) in [6.07, 6.45) is 0.543. The van der Waals surface area contributed by atoms with Crippen molar-refractivity contribution in [1.29, 1.82) is 0 Å². The highest BCUT2D eigenvalue weighted by atomic mass is 32.2. The molecule has 0 radical (unpaired) electrons. The molecule has 0 aromatic heterocycles. The quantitative estimate of drug-likeness (QED) is 0.711. The van der Waals surface area contributed by atoms with E-state index in [0.717, 1.165) is 37.1 Å². The van der Waals surface area contributed by atoms with Crippen LogP contribution in [0.15, 0.2) is 59.5 Å². The van der Waals surface area contributed by atoms with Crippen LogP contribution in [0.1, 0.15) is 34.9 Å². The lowest BCUT2D eigenvalue weighted by Gasteiger charge is -2.18. The first-order valence-corrected chi connectivity index (χ1v) is 10.0. The maximum absolute atomic E-state index is 12.6. The van der Waals surface area contributed by atoms with Crippen molar-refractivity contribution in [3.05, 3.63) is 65.7 Å². The highest BCUT2D eigenvalue weighted by Crippen LogP contribution is 2.25. The molecule has 0 bridgehead atoms. The van der Waals surface area contributed by atoms with Crippen LogP contribution in [-0.4, -0.2) is 32.1 Å². The van der Waals surface area contributed by atoms with Crippen molar-refractivity contribution in [2.75, 3.05) is 0 Å². The Kier molecular flexibility index (Phi) is 5.73. The van der Waals surface area contributed by atoms with Crippen molar-refractivity contribution in [2.45, 2.75) is 35.6 Å². The van der Waals surface area contributed by atoms with Crippen molar-refractivity contribution in [2.24, 2.45) is 0 Å². The molecule has 148 valence electrons. The van der Waals surface area contributed by atoms with Gasteiger partial charge >= 0.3 is 11.7 Å². The molecule has 1 saturated carbocycles. The first-order valence-electron chi connectivity index (χ1n) is 8.47. The van der Waals surface area contributed by atoms with Crippen molar-refractivity contribution in [1.82, 2.24) is 5.32 Å². The summed E-state index contributed by atoms with van der Waals surface area (Å²) in [5, 5.41) is 2.77. The number of alkyl halides is 2. The zero-order valence-electron chi connectivity index (χ0n) is 14.5. The summed E-state index contributed by atoms with van der Waals surface area (Å²) in [5.41, 5.74) is 0.416. The maximum Gasteiger partial charge on any atom is 0.341 e. The minimum Gasteiger partial charge on any atom is -0.444 e. The number of esters is 1. The summed E-state index contributed by atoms with van der Waals surface area (Å²) >= 11 is 0. The standard InChI is InChI=1S/C19H17F2NO5S/c20-19(21)28(25,26)15-10-6-13(7-11-15)18(24)27-16(12-4-2-1-3-5-12)17(23)22-14-8-9-14/h1-7,10-11,14,16,19H,8-9H2,(H,22,23)/t16-/m0/s1. The molecule has 0 heterocycles. The van der Waals surface area contributed by atoms with Crippen molar-refractivity contribution in [3.8, 4) is 0 Å². The number of hydrogen-bond acceptors (Lipinski definition) is 5. The van der Waals surface area contributed by atoms with E-state index in [1.165, 1.54) is 0 Å². The van der Waals surface area contributed by atoms with Crippen LogP contribution in [0.3, 0.4) is 0 Å². The molecule has 0 spiro atoms. The van der Waals surface area contributed by atoms with Gasteiger partial charge in [0.25, 0.3) is 5.91 Å². The van der Waals surface area contributed by atoms with Gasteiger partial charge in [-0.05, 0) is 37.1 Å². The molecule has 1 aliphatic rings. The number of nitrogens with one attached hydrogen (secondary N) is 1. The number of ether oxygens (including phenoxy) is 1. The van der Waals surface area contributed by atoms with Crippen molar-refractivity contribution >= 4 is 21.7 Å². The summed E-state index contributed by atoms with van der Waals surface area (Å²) in [6, 6.07) is 12.4. The normalized spacial score (nSPS) is 15.1. The molecular formula is C19H17F2NO5S. The Morgan fingerprint density at radius 2 is 1.61 bits per heavy atom. The largest absolute Gasteiger partial charge is 0.444 e. The van der Waals surface area contributed by atoms with E-state index in [0.29, 0.717) is 5.56 Å². The molecule has 1 atom stereocenters. The number of amides is 1. The van der Waals surface area contributed by atoms with E-state index < -0.39 is 38.5 Å². The fraction of sp³-hybridized carbons (Fsp3) is 0.263. The number of hydrogen-bond donors (Lipinski definition) is 1. The number of halogens is 2. The van der Waals surface area contributed by atoms with Gasteiger partial charge in [0.1, 0.15) is 0 Å². The Hall–Kier alpha value is -2.81. The van der Waals surface area contributed by atoms with Crippen LogP contribution in [0.5, 0.6) is 0 Å². The molecule has 1 aliphatic carbocycles. The SMILES string of the molecule is O=C(O[C@H](C(=O)NC1CC1)c1ccccc1)c1ccc(S(=O)(=O)C(F)F)cc1. The number of benzene rings is 2. The van der Waals surface area contributed by atoms with Gasteiger partial charge in [-0.3, -0.25) is 4.79 Å². The second kappa shape index (κ2) is 8.05. The number of sulfone groups is 1. The van der Waals surface area contributed by atoms with E-state index in [9.17, 15) is 26.8 Å². The Balaban J connectivity index is 1.79. The molecule has 28 heavy (non-hydrogen) atoms. The van der Waals surface area contributed by atoms with E-state index in [1.54, 1.807) is 30.3 Å². The monoisotopic (exact) mass is 409 g/mol. The highest BCUT2D eigenvalue weighted by Gasteiger charge is 2.31. The van der Waals surface area contributed by atoms with E-state index in [-0.39, 0.29) is 11.6 Å². The van der Waals surface area contributed by atoms with Crippen LogP contribution in [-0.2, 0) is 19.4 Å². The summed E-state index contributed by atoms with van der Waals surface area (Å²) in [6.45, 7) is 0. The van der Waals surface area contributed by atoms with E-state index in [1.807, 2.05) is 0 Å². The summed E-state index contributed by atoms with van der Waals surface area (Å²) in [7, 11) is -4.75. The molecule has 3 rings (SSSR count). The fourth-order valence-corrected chi connectivity index (χ4v) is 3.19. The van der Waals surface area contributed by atoms with Crippen LogP contribution in [0.4, 0.5) is 8.78 Å². The van der Waals surface area contributed by atoms with Gasteiger partial charge < -0.3 is 10.1 Å². The van der Waals surface area contributed by atoms with Gasteiger partial charge in [-0.1, -0.05) is 30.3 Å². The number of rotatable bonds is 7. The van der Waals surface area contributed by atoms with Gasteiger partial charge in [0.2, 0.25) is 15.9 Å². The Bertz CT molecular complexity index is 958. The molecular weight excluding hydrogens is 392 g/mol. The third-order valence-corrected chi connectivity index (χ3v) is 5.54. The number of carbonyl (C=O) groups excluding carboxylic acids is 2. The number of carbonyl (C=O) groups is 2. The van der Waals surface area contributed by atoms with Gasteiger partial charge in [0, 0.05) is 11.6 Å². The average molecular weight is 409 g/mol. The van der Waals surface area contributed by atoms with Crippen molar-refractivity contribution in [3.63, 3.8) is 0 Å². The predicted octanol–water partition coefficient (Wildman–Crippen LogP) is 2.86. The first-order chi connectivity index (χ1) is 13.3. The Labute approximate surface area is 160 Å². The molecule has 9 heteroatoms. The molecule has 1 N–H and O–H groups in total. The lowest BCUT2D eigenvalue weighted by atomic mass is 10.1. The highest BCUT2D eigenvalue weighted by molar-refractivity contribution is 7.91. The van der Waals surface area contributed by atoms with Crippen LogP contribution >= 0.6 is 0 Å². The first kappa shape index (κ1) is 19.9. The second-order valence-electron chi connectivity index (χ2n) is 6.31. The third-order valence-electron chi connectivity index (χ3n) is 4.14. The van der Waals surface area contributed by atoms with Crippen LogP contribution < -0.4 is 5.32 Å². The molecule has 1 fully saturated rings. The molecule has 1 amide bonds. The molecule has 6 nitrogen and oxygen atoms in total. The predicted molar refractivity (Wildman–Crippen MR) is 95.4 cm³/mol. The van der Waals surface area contributed by atoms with Gasteiger partial charge in [0.05, 0.1) is 10.5 Å². The molecule has 0 aliphatic heterocycles. The van der Waals surface area contributed by atoms with E-state index in [4.69, 9.17) is 4.74 Å². The van der Waals surface area contributed by atoms with Gasteiger partial charge in [-0.25, -0.2) is 13.2 Å². The van der Waals surface area contributed by atoms with Gasteiger partial charge in [0.15, 0.2) is 0 Å². The molecule has 2 aromatic carbocycles. The molecule has 2 aromatic rings. The van der Waals surface area contributed by atoms with Crippen molar-refractivity contribution < 1.29 is 31.5 Å². The minimum atomic E-state index is -4.75. The van der Waals surface area contributed by atoms with Crippen LogP contribution in [0.2, 0.25) is 0 Å². The lowest BCUT2D eigenvalue weighted by molar-refractivity contribution is -0.130. The second-order valence-corrected chi connectivity index (χ2v) is 8.23. The maximum atomic E-state index is 12.6. The average Bonchev–Trinajstić information content (AvgIpc) is 3.50. The van der Waals surface area contributed by atoms with E-state index in [2.05, 4.69) is 5.32 Å². The van der Waals surface area contributed by atoms with Gasteiger partial charge in [-0.15, -0.1) is 0 Å². The Morgan fingerprint density at radius 1 is 1.00 bits per heavy atom. The summed E-state index contributed by atoms with van der Waals surface area (Å²) < 4.78 is 53.4. The van der Waals surface area contributed by atoms with E-state index >= 15 is 0 Å². The van der Waals surface area contributed by atoms with Crippen LogP contribution in [0.25, 0.3) is 0 Å². The lowest BCUT2D eigenvalue weighted by Crippen LogP contribution is -2.33. The zero-order chi connectivity index (χ0) is 20.3. The molecule has 0 saturated heterocycles. The summed E-state index contributed by atoms with van der Waals surface area (Å²) in [5.74, 6) is -4.89. The van der Waals surface area contributed by atoms with Crippen LogP contribution in [0, 0.1) is 0 Å². The smallest absolute Gasteiger partial charge is 0.341 e. The molecule has 0 unspecified atom stereocenters. The summed E-state index contributed by atoms with van der Waals surface area (Å²) in [4.78, 5) is 24.3. The third kappa shape index (κ3) is 4.53. The zero-order valence-corrected chi connectivity index (χ0v) is 15.4.